The summed E-state index contributed by atoms with van der Waals surface area (Å²) in [6, 6.07) is 16.4. The zero-order valence-corrected chi connectivity index (χ0v) is 15.7. The van der Waals surface area contributed by atoms with Crippen LogP contribution in [0.1, 0.15) is 33.3 Å². The lowest BCUT2D eigenvalue weighted by molar-refractivity contribution is 1.31. The molecule has 0 radical (unpaired) electrons. The molecule has 0 aliphatic rings. The molecular weight excluding hydrogens is 308 g/mol. The SMILES string of the molecule is CC.CC.Cc1ccccc1-c1nc2ccccc2[nH]1.c1c[nH]cn1. The van der Waals surface area contributed by atoms with Crippen molar-refractivity contribution < 1.29 is 0 Å². The molecule has 0 aliphatic carbocycles. The van der Waals surface area contributed by atoms with Gasteiger partial charge in [0.1, 0.15) is 5.82 Å². The van der Waals surface area contributed by atoms with Crippen LogP contribution in [0.15, 0.2) is 67.3 Å². The fourth-order valence-electron chi connectivity index (χ4n) is 2.13. The molecule has 2 heterocycles. The second-order valence-electron chi connectivity index (χ2n) is 4.68. The van der Waals surface area contributed by atoms with E-state index in [4.69, 9.17) is 0 Å². The number of para-hydroxylation sites is 2. The second kappa shape index (κ2) is 11.6. The number of H-pyrrole nitrogens is 2. The van der Waals surface area contributed by atoms with E-state index in [1.807, 2.05) is 64.1 Å². The van der Waals surface area contributed by atoms with Gasteiger partial charge in [-0.15, -0.1) is 0 Å². The molecule has 4 aromatic rings. The summed E-state index contributed by atoms with van der Waals surface area (Å²) in [6.07, 6.45) is 5.08. The Labute approximate surface area is 150 Å². The number of aryl methyl sites for hydroxylation is 1. The van der Waals surface area contributed by atoms with Crippen molar-refractivity contribution in [3.05, 3.63) is 72.8 Å². The van der Waals surface area contributed by atoms with Gasteiger partial charge in [0.05, 0.1) is 17.4 Å². The zero-order valence-electron chi connectivity index (χ0n) is 15.7. The summed E-state index contributed by atoms with van der Waals surface area (Å²) in [6.45, 7) is 10.1. The maximum atomic E-state index is 4.59. The van der Waals surface area contributed by atoms with Gasteiger partial charge in [-0.2, -0.15) is 0 Å². The lowest BCUT2D eigenvalue weighted by Crippen LogP contribution is -1.83. The molecule has 0 saturated heterocycles. The molecule has 0 saturated carbocycles. The van der Waals surface area contributed by atoms with Crippen molar-refractivity contribution in [1.29, 1.82) is 0 Å². The minimum absolute atomic E-state index is 0.944. The summed E-state index contributed by atoms with van der Waals surface area (Å²) in [5.74, 6) is 0.944. The fourth-order valence-corrected chi connectivity index (χ4v) is 2.13. The molecule has 132 valence electrons. The van der Waals surface area contributed by atoms with E-state index in [0.717, 1.165) is 16.9 Å². The monoisotopic (exact) mass is 336 g/mol. The van der Waals surface area contributed by atoms with Crippen molar-refractivity contribution in [2.75, 3.05) is 0 Å². The van der Waals surface area contributed by atoms with Gasteiger partial charge < -0.3 is 9.97 Å². The Balaban J connectivity index is 0.000000292. The maximum Gasteiger partial charge on any atom is 0.138 e. The van der Waals surface area contributed by atoms with Gasteiger partial charge in [0.25, 0.3) is 0 Å². The van der Waals surface area contributed by atoms with Crippen molar-refractivity contribution >= 4 is 11.0 Å². The molecule has 0 aliphatic heterocycles. The predicted molar refractivity (Wildman–Crippen MR) is 108 cm³/mol. The minimum atomic E-state index is 0.944. The highest BCUT2D eigenvalue weighted by Gasteiger charge is 2.05. The molecule has 2 aromatic carbocycles. The lowest BCUT2D eigenvalue weighted by atomic mass is 10.1. The largest absolute Gasteiger partial charge is 0.351 e. The average molecular weight is 336 g/mol. The van der Waals surface area contributed by atoms with E-state index in [-0.39, 0.29) is 0 Å². The number of nitrogens with one attached hydrogen (secondary N) is 2. The number of aromatic amines is 2. The topological polar surface area (TPSA) is 57.4 Å². The number of imidazole rings is 2. The second-order valence-corrected chi connectivity index (χ2v) is 4.68. The van der Waals surface area contributed by atoms with Crippen LogP contribution >= 0.6 is 0 Å². The Morgan fingerprint density at radius 3 is 2.08 bits per heavy atom. The van der Waals surface area contributed by atoms with Gasteiger partial charge >= 0.3 is 0 Å². The molecule has 4 heteroatoms. The van der Waals surface area contributed by atoms with Crippen LogP contribution in [0.3, 0.4) is 0 Å². The fraction of sp³-hybridized carbons (Fsp3) is 0.238. The highest BCUT2D eigenvalue weighted by Crippen LogP contribution is 2.22. The molecule has 0 atom stereocenters. The molecule has 0 amide bonds. The highest BCUT2D eigenvalue weighted by atomic mass is 14.9. The first-order chi connectivity index (χ1) is 12.3. The summed E-state index contributed by atoms with van der Waals surface area (Å²) < 4.78 is 0. The molecule has 4 rings (SSSR count). The van der Waals surface area contributed by atoms with E-state index in [0.29, 0.717) is 0 Å². The Kier molecular flexibility index (Phi) is 9.38. The Bertz CT molecular complexity index is 766. The third-order valence-corrected chi connectivity index (χ3v) is 3.20. The van der Waals surface area contributed by atoms with E-state index in [1.54, 1.807) is 18.7 Å². The molecule has 0 fully saturated rings. The van der Waals surface area contributed by atoms with Crippen LogP contribution in [0.4, 0.5) is 0 Å². The average Bonchev–Trinajstić information content (AvgIpc) is 3.38. The van der Waals surface area contributed by atoms with Gasteiger partial charge in [-0.3, -0.25) is 0 Å². The predicted octanol–water partition coefficient (Wildman–Crippen LogP) is 6.00. The van der Waals surface area contributed by atoms with Gasteiger partial charge in [0.15, 0.2) is 0 Å². The van der Waals surface area contributed by atoms with Crippen LogP contribution in [-0.2, 0) is 0 Å². The number of nitrogens with zero attached hydrogens (tertiary/aromatic N) is 2. The van der Waals surface area contributed by atoms with E-state index in [2.05, 4.69) is 39.0 Å². The molecule has 2 aromatic heterocycles. The van der Waals surface area contributed by atoms with E-state index < -0.39 is 0 Å². The van der Waals surface area contributed by atoms with Gasteiger partial charge in [-0.05, 0) is 24.6 Å². The van der Waals surface area contributed by atoms with E-state index in [1.165, 1.54) is 11.1 Å². The van der Waals surface area contributed by atoms with Crippen LogP contribution < -0.4 is 0 Å². The molecule has 0 bridgehead atoms. The molecule has 0 spiro atoms. The smallest absolute Gasteiger partial charge is 0.138 e. The van der Waals surface area contributed by atoms with Crippen molar-refractivity contribution in [2.24, 2.45) is 0 Å². The third-order valence-electron chi connectivity index (χ3n) is 3.20. The van der Waals surface area contributed by atoms with E-state index >= 15 is 0 Å². The van der Waals surface area contributed by atoms with Crippen LogP contribution in [0.2, 0.25) is 0 Å². The third kappa shape index (κ3) is 5.92. The first-order valence-corrected chi connectivity index (χ1v) is 8.78. The van der Waals surface area contributed by atoms with Crippen molar-refractivity contribution in [1.82, 2.24) is 19.9 Å². The summed E-state index contributed by atoms with van der Waals surface area (Å²) in [5, 5.41) is 0. The number of rotatable bonds is 1. The first kappa shape index (κ1) is 20.2. The Morgan fingerprint density at radius 1 is 0.840 bits per heavy atom. The van der Waals surface area contributed by atoms with E-state index in [9.17, 15) is 0 Å². The highest BCUT2D eigenvalue weighted by molar-refractivity contribution is 5.79. The summed E-state index contributed by atoms with van der Waals surface area (Å²) >= 11 is 0. The molecule has 4 nitrogen and oxygen atoms in total. The molecule has 0 unspecified atom stereocenters. The maximum absolute atomic E-state index is 4.59. The normalized spacial score (nSPS) is 9.00. The van der Waals surface area contributed by atoms with Gasteiger partial charge in [-0.25, -0.2) is 9.97 Å². The number of aromatic nitrogens is 4. The summed E-state index contributed by atoms with van der Waals surface area (Å²) in [4.78, 5) is 14.3. The number of hydrogen-bond donors (Lipinski definition) is 2. The van der Waals surface area contributed by atoms with Gasteiger partial charge in [-0.1, -0.05) is 64.1 Å². The molecule has 25 heavy (non-hydrogen) atoms. The summed E-state index contributed by atoms with van der Waals surface area (Å²) in [5.41, 5.74) is 4.50. The van der Waals surface area contributed by atoms with Crippen molar-refractivity contribution in [3.8, 4) is 11.4 Å². The van der Waals surface area contributed by atoms with Crippen LogP contribution in [0.25, 0.3) is 22.4 Å². The quantitative estimate of drug-likeness (QED) is 0.448. The van der Waals surface area contributed by atoms with Gasteiger partial charge in [0, 0.05) is 18.0 Å². The standard InChI is InChI=1S/C14H12N2.C3H4N2.2C2H6/c1-10-6-2-3-7-11(10)14-15-12-8-4-5-9-13(12)16-14;1-2-5-3-4-1;2*1-2/h2-9H,1H3,(H,15,16);1-3H,(H,4,5);2*1-2H3. The lowest BCUT2D eigenvalue weighted by Gasteiger charge is -2.00. The number of hydrogen-bond acceptors (Lipinski definition) is 2. The number of fused-ring (bicyclic) bond motifs is 1. The van der Waals surface area contributed by atoms with Gasteiger partial charge in [0.2, 0.25) is 0 Å². The molecule has 2 N–H and O–H groups in total. The van der Waals surface area contributed by atoms with Crippen LogP contribution in [0, 0.1) is 6.92 Å². The zero-order chi connectivity index (χ0) is 18.5. The van der Waals surface area contributed by atoms with Crippen LogP contribution in [0.5, 0.6) is 0 Å². The summed E-state index contributed by atoms with van der Waals surface area (Å²) in [7, 11) is 0. The number of benzene rings is 2. The first-order valence-electron chi connectivity index (χ1n) is 8.78. The van der Waals surface area contributed by atoms with Crippen LogP contribution in [-0.4, -0.2) is 19.9 Å². The van der Waals surface area contributed by atoms with Crippen molar-refractivity contribution in [3.63, 3.8) is 0 Å². The Morgan fingerprint density at radius 2 is 1.52 bits per heavy atom. The Hall–Kier alpha value is -2.88. The minimum Gasteiger partial charge on any atom is -0.351 e. The molecular formula is C21H28N4. The van der Waals surface area contributed by atoms with Crippen molar-refractivity contribution in [2.45, 2.75) is 34.6 Å².